The van der Waals surface area contributed by atoms with Crippen LogP contribution in [0.2, 0.25) is 0 Å². The summed E-state index contributed by atoms with van der Waals surface area (Å²) in [6.07, 6.45) is 0.815. The van der Waals surface area contributed by atoms with Gasteiger partial charge in [-0.3, -0.25) is 23.9 Å². The van der Waals surface area contributed by atoms with Crippen molar-refractivity contribution in [1.82, 2.24) is 29.4 Å². The van der Waals surface area contributed by atoms with E-state index in [0.29, 0.717) is 49.5 Å². The molecule has 0 saturated carbocycles. The fourth-order valence-electron chi connectivity index (χ4n) is 10.9. The Balaban J connectivity index is 0.752. The number of rotatable bonds is 12. The largest absolute Gasteiger partial charge is 0.494 e. The summed E-state index contributed by atoms with van der Waals surface area (Å²) in [5.74, 6) is 0.993. The third kappa shape index (κ3) is 9.49. The highest BCUT2D eigenvalue weighted by atomic mass is 32.1. The number of alkyl halides is 5. The summed E-state index contributed by atoms with van der Waals surface area (Å²) >= 11 is 5.71. The summed E-state index contributed by atoms with van der Waals surface area (Å²) in [6, 6.07) is 23.6. The van der Waals surface area contributed by atoms with Crippen molar-refractivity contribution in [3.05, 3.63) is 125 Å². The van der Waals surface area contributed by atoms with Crippen LogP contribution in [0.3, 0.4) is 0 Å². The number of likely N-dealkylation sites (tertiary alicyclic amines) is 1. The molecular weight excluding hydrogens is 976 g/mol. The lowest BCUT2D eigenvalue weighted by atomic mass is 9.92. The molecule has 19 heteroatoms. The number of halogens is 5. The number of aromatic nitrogens is 4. The van der Waals surface area contributed by atoms with E-state index in [1.165, 1.54) is 6.07 Å². The second-order valence-electron chi connectivity index (χ2n) is 19.9. The van der Waals surface area contributed by atoms with Gasteiger partial charge in [0.05, 0.1) is 48.3 Å². The smallest absolute Gasteiger partial charge is 0.417 e. The zero-order valence-corrected chi connectivity index (χ0v) is 42.3. The van der Waals surface area contributed by atoms with Crippen LogP contribution < -0.4 is 19.4 Å². The molecule has 2 amide bonds. The van der Waals surface area contributed by atoms with Gasteiger partial charge in [-0.2, -0.15) is 28.6 Å². The highest BCUT2D eigenvalue weighted by Gasteiger charge is 2.51. The molecule has 6 aromatic rings. The second-order valence-corrected chi connectivity index (χ2v) is 20.3. The Kier molecular flexibility index (Phi) is 13.6. The number of hydrogen-bond donors (Lipinski definition) is 0. The van der Waals surface area contributed by atoms with Gasteiger partial charge in [0.15, 0.2) is 10.9 Å². The number of nitrogens with zero attached hydrogens (tertiary/aromatic N) is 10. The third-order valence-corrected chi connectivity index (χ3v) is 15.2. The molecular formula is C55H55F5N10O3S. The number of aryl methyl sites for hydroxylation is 2. The first kappa shape index (κ1) is 50.4. The van der Waals surface area contributed by atoms with E-state index in [-0.39, 0.29) is 28.3 Å². The number of fused-ring (bicyclic) bond motifs is 2. The molecule has 2 fully saturated rings. The zero-order valence-electron chi connectivity index (χ0n) is 41.5. The fraction of sp³-hybridized carbons (Fsp3) is 0.382. The van der Waals surface area contributed by atoms with Gasteiger partial charge >= 0.3 is 6.18 Å². The predicted molar refractivity (Wildman–Crippen MR) is 275 cm³/mol. The van der Waals surface area contributed by atoms with Crippen LogP contribution in [-0.4, -0.2) is 91.2 Å². The van der Waals surface area contributed by atoms with Crippen LogP contribution in [0.15, 0.2) is 91.3 Å². The number of nitriles is 1. The van der Waals surface area contributed by atoms with Gasteiger partial charge in [-0.15, -0.1) is 0 Å². The van der Waals surface area contributed by atoms with E-state index in [0.717, 1.165) is 114 Å². The predicted octanol–water partition coefficient (Wildman–Crippen LogP) is 10.8. The number of benzene rings is 4. The second kappa shape index (κ2) is 19.9. The van der Waals surface area contributed by atoms with E-state index < -0.39 is 35.2 Å². The molecule has 10 rings (SSSR count). The summed E-state index contributed by atoms with van der Waals surface area (Å²) in [5.41, 5.74) is 4.44. The van der Waals surface area contributed by atoms with Crippen LogP contribution in [0.5, 0.6) is 5.75 Å². The van der Waals surface area contributed by atoms with Crippen molar-refractivity contribution >= 4 is 52.0 Å². The molecule has 6 heterocycles. The minimum Gasteiger partial charge on any atom is -0.494 e. The molecule has 0 radical (unpaired) electrons. The molecule has 4 aromatic carbocycles. The molecule has 2 aromatic heterocycles. The first-order valence-corrected chi connectivity index (χ1v) is 25.2. The maximum Gasteiger partial charge on any atom is 0.417 e. The van der Waals surface area contributed by atoms with Gasteiger partial charge in [-0.05, 0) is 135 Å². The van der Waals surface area contributed by atoms with E-state index in [2.05, 4.69) is 19.6 Å². The van der Waals surface area contributed by atoms with Gasteiger partial charge in [0.2, 0.25) is 5.91 Å². The standard InChI is InChI=1S/C55H55F5N10O3S/c1-34(71)66-25-20-48-46(33-66)51(67-22-5-7-37-27-44(39-31-62-64(4)32-39)45(50(56)57)29-49(37)67)63-70(48)41-18-23-65(24-19-41)21-6-26-73-43-16-11-36(12-17-43)35-8-13-40(14-9-35)69-53(74)68(52(72)54(69,2)3)42-15-10-38(30-61)47(28-42)55(58,59)60/h8-17,27-29,31-32,41,50H,5-7,18-26,33H2,1-4H3. The van der Waals surface area contributed by atoms with Crippen molar-refractivity contribution in [3.8, 4) is 34.1 Å². The van der Waals surface area contributed by atoms with Gasteiger partial charge in [0.25, 0.3) is 12.3 Å². The first-order chi connectivity index (χ1) is 35.4. The molecule has 0 bridgehead atoms. The Labute approximate surface area is 431 Å². The number of thiocarbonyl (C=S) groups is 1. The lowest BCUT2D eigenvalue weighted by molar-refractivity contribution is -0.137. The van der Waals surface area contributed by atoms with E-state index in [4.69, 9.17) is 22.1 Å². The average Bonchev–Trinajstić information content (AvgIpc) is 4.05. The molecule has 13 nitrogen and oxygen atoms in total. The Morgan fingerprint density at radius 3 is 2.28 bits per heavy atom. The van der Waals surface area contributed by atoms with E-state index in [1.54, 1.807) is 61.9 Å². The maximum absolute atomic E-state index is 14.8. The zero-order chi connectivity index (χ0) is 52.2. The summed E-state index contributed by atoms with van der Waals surface area (Å²) in [4.78, 5) is 35.5. The lowest BCUT2D eigenvalue weighted by Crippen LogP contribution is -2.44. The number of ether oxygens (including phenoxy) is 1. The van der Waals surface area contributed by atoms with Gasteiger partial charge in [0, 0.05) is 93.1 Å². The Morgan fingerprint density at radius 2 is 1.64 bits per heavy atom. The van der Waals surface area contributed by atoms with Gasteiger partial charge in [0.1, 0.15) is 11.3 Å². The topological polar surface area (TPSA) is 119 Å². The molecule has 4 aliphatic heterocycles. The Bertz CT molecular complexity index is 3170. The molecule has 4 aliphatic rings. The van der Waals surface area contributed by atoms with Crippen molar-refractivity contribution in [1.29, 1.82) is 5.26 Å². The highest BCUT2D eigenvalue weighted by Crippen LogP contribution is 2.45. The number of amides is 2. The summed E-state index contributed by atoms with van der Waals surface area (Å²) in [5, 5.41) is 18.8. The van der Waals surface area contributed by atoms with Crippen molar-refractivity contribution in [2.24, 2.45) is 7.05 Å². The molecule has 2 saturated heterocycles. The van der Waals surface area contributed by atoms with Crippen LogP contribution in [-0.2, 0) is 42.2 Å². The molecule has 0 aliphatic carbocycles. The molecule has 0 spiro atoms. The summed E-state index contributed by atoms with van der Waals surface area (Å²) < 4.78 is 80.9. The molecule has 384 valence electrons. The number of anilines is 4. The quantitative estimate of drug-likeness (QED) is 0.0666. The minimum absolute atomic E-state index is 0.00135. The molecule has 0 N–H and O–H groups in total. The van der Waals surface area contributed by atoms with Crippen LogP contribution in [0, 0.1) is 11.3 Å². The fourth-order valence-corrected chi connectivity index (χ4v) is 11.5. The number of carbonyl (C=O) groups is 2. The molecule has 0 unspecified atom stereocenters. The first-order valence-electron chi connectivity index (χ1n) is 24.8. The third-order valence-electron chi connectivity index (χ3n) is 14.8. The maximum atomic E-state index is 14.8. The molecule has 0 atom stereocenters. The van der Waals surface area contributed by atoms with Crippen molar-refractivity contribution in [2.75, 3.05) is 54.0 Å². The SMILES string of the molecule is CC(=O)N1CCc2c(c(N3CCCc4cc(-c5cnn(C)c5)c(C(F)F)cc43)nn2C2CCN(CCCOc3ccc(-c4ccc(N5C(=S)N(c6ccc(C#N)c(C(F)(F)F)c6)C(=O)C5(C)C)cc4)cc3)CC2)C1. The van der Waals surface area contributed by atoms with E-state index in [1.807, 2.05) is 59.5 Å². The van der Waals surface area contributed by atoms with Crippen LogP contribution in [0.25, 0.3) is 22.3 Å². The average molecular weight is 1030 g/mol. The summed E-state index contributed by atoms with van der Waals surface area (Å²) in [7, 11) is 1.77. The summed E-state index contributed by atoms with van der Waals surface area (Å²) in [6.45, 7) is 9.76. The number of carbonyl (C=O) groups excluding carboxylic acids is 2. The van der Waals surface area contributed by atoms with Gasteiger partial charge < -0.3 is 24.3 Å². The number of hydrogen-bond acceptors (Lipinski definition) is 9. The monoisotopic (exact) mass is 1030 g/mol. The van der Waals surface area contributed by atoms with Crippen LogP contribution >= 0.6 is 12.2 Å². The molecule has 74 heavy (non-hydrogen) atoms. The highest BCUT2D eigenvalue weighted by molar-refractivity contribution is 7.81. The Morgan fingerprint density at radius 1 is 0.932 bits per heavy atom. The van der Waals surface area contributed by atoms with Crippen molar-refractivity contribution < 1.29 is 36.3 Å². The number of piperidine rings is 1. The van der Waals surface area contributed by atoms with Crippen LogP contribution in [0.4, 0.5) is 44.8 Å². The Hall–Kier alpha value is -7.17. The van der Waals surface area contributed by atoms with E-state index in [9.17, 15) is 36.8 Å². The van der Waals surface area contributed by atoms with Gasteiger partial charge in [-0.25, -0.2) is 8.78 Å². The normalized spacial score (nSPS) is 17.3. The minimum atomic E-state index is -4.80. The van der Waals surface area contributed by atoms with E-state index >= 15 is 0 Å². The van der Waals surface area contributed by atoms with Gasteiger partial charge in [-0.1, -0.05) is 24.3 Å². The van der Waals surface area contributed by atoms with Crippen molar-refractivity contribution in [2.45, 2.75) is 90.0 Å². The van der Waals surface area contributed by atoms with Crippen molar-refractivity contribution in [3.63, 3.8) is 0 Å². The lowest BCUT2D eigenvalue weighted by Gasteiger charge is -2.34. The van der Waals surface area contributed by atoms with Crippen LogP contribution in [0.1, 0.15) is 92.4 Å².